The van der Waals surface area contributed by atoms with Crippen molar-refractivity contribution in [2.75, 3.05) is 19.6 Å². The summed E-state index contributed by atoms with van der Waals surface area (Å²) in [6, 6.07) is 32.1. The highest BCUT2D eigenvalue weighted by Gasteiger charge is 2.43. The number of carbonyl (C=O) groups is 2. The van der Waals surface area contributed by atoms with Crippen molar-refractivity contribution in [2.24, 2.45) is 5.84 Å². The van der Waals surface area contributed by atoms with Crippen LogP contribution in [0.15, 0.2) is 120 Å². The van der Waals surface area contributed by atoms with Crippen LogP contribution in [0.3, 0.4) is 0 Å². The lowest BCUT2D eigenvalue weighted by atomic mass is 9.93. The third kappa shape index (κ3) is 8.29. The van der Waals surface area contributed by atoms with Gasteiger partial charge in [-0.1, -0.05) is 84.4 Å². The van der Waals surface area contributed by atoms with Crippen molar-refractivity contribution in [1.82, 2.24) is 14.8 Å². The predicted molar refractivity (Wildman–Crippen MR) is 221 cm³/mol. The third-order valence-corrected chi connectivity index (χ3v) is 13.3. The van der Waals surface area contributed by atoms with Crippen molar-refractivity contribution < 1.29 is 22.8 Å². The number of nitrogens with zero attached hydrogens (tertiary/aromatic N) is 3. The van der Waals surface area contributed by atoms with Gasteiger partial charge in [0.2, 0.25) is 0 Å². The first-order valence-electron chi connectivity index (χ1n) is 18.9. The summed E-state index contributed by atoms with van der Waals surface area (Å²) in [7, 11) is 0. The van der Waals surface area contributed by atoms with Crippen molar-refractivity contribution in [3.05, 3.63) is 185 Å². The Hall–Kier alpha value is -4.46. The van der Waals surface area contributed by atoms with Gasteiger partial charge in [-0.25, -0.2) is 5.01 Å². The number of aryl methyl sites for hydroxylation is 1. The second-order valence-corrected chi connectivity index (χ2v) is 16.8. The molecule has 2 N–H and O–H groups in total. The molecule has 0 saturated carbocycles. The molecule has 2 aliphatic heterocycles. The Labute approximate surface area is 342 Å². The Morgan fingerprint density at radius 3 is 1.89 bits per heavy atom. The molecule has 2 atom stereocenters. The number of hydrazine groups is 1. The van der Waals surface area contributed by atoms with Crippen LogP contribution in [0, 0.1) is 0 Å². The van der Waals surface area contributed by atoms with Crippen molar-refractivity contribution in [3.8, 4) is 0 Å². The van der Waals surface area contributed by atoms with E-state index in [1.807, 2.05) is 46.8 Å². The molecule has 0 amide bonds. The lowest BCUT2D eigenvalue weighted by Gasteiger charge is -2.48. The van der Waals surface area contributed by atoms with Gasteiger partial charge in [0.25, 0.3) is 0 Å². The molecule has 6 nitrogen and oxygen atoms in total. The topological polar surface area (TPSA) is 69.9 Å². The van der Waals surface area contributed by atoms with Crippen molar-refractivity contribution in [2.45, 2.75) is 50.7 Å². The van der Waals surface area contributed by atoms with E-state index in [0.717, 1.165) is 58.0 Å². The molecule has 8 rings (SSSR count). The summed E-state index contributed by atoms with van der Waals surface area (Å²) in [5, 5.41) is 6.17. The predicted octanol–water partition coefficient (Wildman–Crippen LogP) is 10.4. The fourth-order valence-corrected chi connectivity index (χ4v) is 10.7. The minimum Gasteiger partial charge on any atom is -0.289 e. The minimum atomic E-state index is -4.57. The van der Waals surface area contributed by atoms with Crippen LogP contribution >= 0.6 is 34.3 Å². The maximum absolute atomic E-state index is 14.0. The fraction of sp³-hybridized carbons (Fsp3) is 0.244. The Kier molecular flexibility index (Phi) is 11.6. The zero-order valence-electron chi connectivity index (χ0n) is 30.9. The second-order valence-electron chi connectivity index (χ2n) is 14.5. The maximum Gasteiger partial charge on any atom is 0.416 e. The van der Waals surface area contributed by atoms with E-state index in [1.165, 1.54) is 40.4 Å². The van der Waals surface area contributed by atoms with Gasteiger partial charge in [0.15, 0.2) is 11.6 Å². The van der Waals surface area contributed by atoms with E-state index in [2.05, 4.69) is 34.1 Å². The summed E-state index contributed by atoms with van der Waals surface area (Å²) < 4.78 is 41.0. The number of nitrogens with two attached hydrogens (primary N) is 1. The van der Waals surface area contributed by atoms with Crippen LogP contribution in [0.4, 0.5) is 13.2 Å². The Bertz CT molecular complexity index is 2370. The molecule has 6 aromatic rings. The lowest BCUT2D eigenvalue weighted by molar-refractivity contribution is -0.137. The highest BCUT2D eigenvalue weighted by atomic mass is 35.5. The molecule has 292 valence electrons. The van der Waals surface area contributed by atoms with Crippen molar-refractivity contribution in [1.29, 1.82) is 0 Å². The van der Waals surface area contributed by atoms with E-state index in [9.17, 15) is 22.8 Å². The number of fused-ring (bicyclic) bond motifs is 2. The Balaban J connectivity index is 1.18. The molecule has 2 aromatic heterocycles. The normalized spacial score (nSPS) is 17.4. The van der Waals surface area contributed by atoms with Crippen LogP contribution in [-0.2, 0) is 32.0 Å². The molecular weight excluding hydrogens is 785 g/mol. The van der Waals surface area contributed by atoms with Gasteiger partial charge < -0.3 is 0 Å². The monoisotopic (exact) mass is 824 g/mol. The standard InChI is InChI=1S/C45H40ClF3N4O2S2/c46-34-18-16-31(17-19-34)39(54)37-27-57-42-36(37)21-24-52(26-30-11-5-2-6-12-30)44(42)53(50)43-41-35(20-23-51(43)22-8-13-29-9-3-1-4-10-29)38(28-56-41)40(55)32-14-7-15-33(25-32)45(47,48)49/h1-7,9-12,14-19,25,27-28,43-44H,8,13,20-24,26,50H2. The minimum absolute atomic E-state index is 0.000650. The number of carbonyl (C=O) groups excluding carboxylic acids is 2. The zero-order valence-corrected chi connectivity index (χ0v) is 33.3. The molecule has 0 radical (unpaired) electrons. The summed E-state index contributed by atoms with van der Waals surface area (Å²) >= 11 is 9.11. The molecule has 0 spiro atoms. The average Bonchev–Trinajstić information content (AvgIpc) is 3.86. The van der Waals surface area contributed by atoms with Crippen LogP contribution in [0.5, 0.6) is 0 Å². The number of hydrogen-bond acceptors (Lipinski definition) is 8. The molecule has 0 bridgehead atoms. The van der Waals surface area contributed by atoms with Crippen molar-refractivity contribution in [3.63, 3.8) is 0 Å². The Morgan fingerprint density at radius 2 is 1.28 bits per heavy atom. The van der Waals surface area contributed by atoms with Gasteiger partial charge in [-0.15, -0.1) is 22.7 Å². The Morgan fingerprint density at radius 1 is 0.719 bits per heavy atom. The van der Waals surface area contributed by atoms with Crippen LogP contribution in [-0.4, -0.2) is 46.0 Å². The first-order chi connectivity index (χ1) is 27.6. The molecule has 2 unspecified atom stereocenters. The number of thiophene rings is 2. The largest absolute Gasteiger partial charge is 0.416 e. The summed E-state index contributed by atoms with van der Waals surface area (Å²) in [4.78, 5) is 34.6. The van der Waals surface area contributed by atoms with E-state index < -0.39 is 29.9 Å². The molecule has 0 fully saturated rings. The lowest BCUT2D eigenvalue weighted by Crippen LogP contribution is -2.55. The third-order valence-electron chi connectivity index (χ3n) is 10.9. The first-order valence-corrected chi connectivity index (χ1v) is 21.0. The fourth-order valence-electron chi connectivity index (χ4n) is 8.09. The molecule has 4 aromatic carbocycles. The SMILES string of the molecule is NN(C1c2scc(C(=O)c3cccc(C(F)(F)F)c3)c2CCN1CCCc1ccccc1)C1c2scc(C(=O)c3ccc(Cl)cc3)c2CCN1Cc1ccccc1. The number of halogens is 4. The van der Waals surface area contributed by atoms with Gasteiger partial charge in [-0.3, -0.25) is 25.2 Å². The highest BCUT2D eigenvalue weighted by Crippen LogP contribution is 2.46. The van der Waals surface area contributed by atoms with Gasteiger partial charge in [0.05, 0.1) is 5.56 Å². The molecule has 0 saturated heterocycles. The number of rotatable bonds is 12. The van der Waals surface area contributed by atoms with Crippen LogP contribution < -0.4 is 5.84 Å². The van der Waals surface area contributed by atoms with Gasteiger partial charge in [0, 0.05) is 74.0 Å². The van der Waals surface area contributed by atoms with Gasteiger partial charge >= 0.3 is 6.18 Å². The molecule has 0 aliphatic carbocycles. The van der Waals surface area contributed by atoms with Crippen LogP contribution in [0.25, 0.3) is 0 Å². The van der Waals surface area contributed by atoms with Crippen molar-refractivity contribution >= 4 is 45.8 Å². The molecule has 12 heteroatoms. The van der Waals surface area contributed by atoms with Gasteiger partial charge in [0.1, 0.15) is 12.3 Å². The second kappa shape index (κ2) is 16.8. The first kappa shape index (κ1) is 39.4. The molecule has 2 aliphatic rings. The summed E-state index contributed by atoms with van der Waals surface area (Å²) in [5.74, 6) is 7.00. The zero-order chi connectivity index (χ0) is 39.7. The van der Waals surface area contributed by atoms with E-state index >= 15 is 0 Å². The smallest absolute Gasteiger partial charge is 0.289 e. The summed E-state index contributed by atoms with van der Waals surface area (Å²) in [5.41, 5.74) is 4.93. The average molecular weight is 825 g/mol. The molecule has 57 heavy (non-hydrogen) atoms. The van der Waals surface area contributed by atoms with Gasteiger partial charge in [-0.2, -0.15) is 13.2 Å². The van der Waals surface area contributed by atoms with Crippen LogP contribution in [0.2, 0.25) is 5.02 Å². The number of hydrogen-bond donors (Lipinski definition) is 1. The number of benzene rings is 4. The van der Waals surface area contributed by atoms with E-state index in [-0.39, 0.29) is 11.3 Å². The number of alkyl halides is 3. The van der Waals surface area contributed by atoms with E-state index in [4.69, 9.17) is 17.4 Å². The summed E-state index contributed by atoms with van der Waals surface area (Å²) in [6.45, 7) is 2.59. The number of ketones is 2. The molecule has 4 heterocycles. The highest BCUT2D eigenvalue weighted by molar-refractivity contribution is 7.11. The quantitative estimate of drug-likeness (QED) is 0.0753. The van der Waals surface area contributed by atoms with E-state index in [0.29, 0.717) is 54.2 Å². The van der Waals surface area contributed by atoms with Crippen LogP contribution in [0.1, 0.15) is 88.2 Å². The molecular formula is C45H40ClF3N4O2S2. The summed E-state index contributed by atoms with van der Waals surface area (Å²) in [6.07, 6.45) is -2.49. The van der Waals surface area contributed by atoms with Gasteiger partial charge in [-0.05, 0) is 84.3 Å². The van der Waals surface area contributed by atoms with E-state index in [1.54, 1.807) is 29.6 Å². The maximum atomic E-state index is 14.0.